The van der Waals surface area contributed by atoms with Crippen molar-refractivity contribution in [2.24, 2.45) is 11.8 Å². The van der Waals surface area contributed by atoms with E-state index in [0.29, 0.717) is 25.7 Å². The third-order valence-electron chi connectivity index (χ3n) is 1.83. The Morgan fingerprint density at radius 1 is 1.20 bits per heavy atom. The van der Waals surface area contributed by atoms with Gasteiger partial charge in [0.15, 0.2) is 0 Å². The molecule has 0 aromatic rings. The smallest absolute Gasteiger partial charge is 0.312 e. The normalized spacial score (nSPS) is 13.4. The van der Waals surface area contributed by atoms with Crippen molar-refractivity contribution in [2.45, 2.75) is 27.7 Å². The fourth-order valence-corrected chi connectivity index (χ4v) is 0.944. The van der Waals surface area contributed by atoms with Gasteiger partial charge in [-0.2, -0.15) is 0 Å². The van der Waals surface area contributed by atoms with Crippen LogP contribution >= 0.6 is 0 Å². The molecule has 0 heterocycles. The Morgan fingerprint density at radius 3 is 2.40 bits per heavy atom. The standard InChI is InChI=1S/C12H22O3/c1-5-14-8-9-15-12(13)11(4)7-6-10(2)3/h6-7,10-11H,5,8-9H2,1-4H3/b7-6-. The van der Waals surface area contributed by atoms with E-state index >= 15 is 0 Å². The molecule has 0 N–H and O–H groups in total. The molecule has 0 saturated heterocycles. The van der Waals surface area contributed by atoms with Crippen LogP contribution in [-0.2, 0) is 14.3 Å². The number of hydrogen-bond acceptors (Lipinski definition) is 3. The first-order chi connectivity index (χ1) is 7.07. The van der Waals surface area contributed by atoms with Gasteiger partial charge < -0.3 is 9.47 Å². The number of ether oxygens (including phenoxy) is 2. The Labute approximate surface area is 92.5 Å². The number of carbonyl (C=O) groups excluding carboxylic acids is 1. The van der Waals surface area contributed by atoms with Crippen molar-refractivity contribution in [3.8, 4) is 0 Å². The molecule has 0 fully saturated rings. The molecule has 0 aromatic carbocycles. The van der Waals surface area contributed by atoms with Crippen molar-refractivity contribution in [3.05, 3.63) is 12.2 Å². The minimum atomic E-state index is -0.188. The Balaban J connectivity index is 3.69. The minimum absolute atomic E-state index is 0.172. The van der Waals surface area contributed by atoms with E-state index in [-0.39, 0.29) is 11.9 Å². The average Bonchev–Trinajstić information content (AvgIpc) is 2.20. The van der Waals surface area contributed by atoms with Gasteiger partial charge in [-0.25, -0.2) is 0 Å². The second kappa shape index (κ2) is 8.48. The molecule has 0 aliphatic rings. The zero-order valence-electron chi connectivity index (χ0n) is 10.2. The van der Waals surface area contributed by atoms with Crippen LogP contribution in [-0.4, -0.2) is 25.8 Å². The van der Waals surface area contributed by atoms with Gasteiger partial charge in [-0.05, 0) is 19.8 Å². The summed E-state index contributed by atoms with van der Waals surface area (Å²) in [6.07, 6.45) is 3.89. The van der Waals surface area contributed by atoms with Crippen molar-refractivity contribution in [2.75, 3.05) is 19.8 Å². The van der Waals surface area contributed by atoms with Crippen LogP contribution in [0.2, 0.25) is 0 Å². The summed E-state index contributed by atoms with van der Waals surface area (Å²) in [6.45, 7) is 9.36. The summed E-state index contributed by atoms with van der Waals surface area (Å²) in [5, 5.41) is 0. The predicted octanol–water partition coefficient (Wildman–Crippen LogP) is 2.41. The maximum absolute atomic E-state index is 11.4. The SMILES string of the molecule is CCOCCOC(=O)C(C)/C=C\C(C)C. The van der Waals surface area contributed by atoms with E-state index in [9.17, 15) is 4.79 Å². The summed E-state index contributed by atoms with van der Waals surface area (Å²) in [6, 6.07) is 0. The summed E-state index contributed by atoms with van der Waals surface area (Å²) in [5.41, 5.74) is 0. The molecular weight excluding hydrogens is 192 g/mol. The lowest BCUT2D eigenvalue weighted by atomic mass is 10.1. The molecule has 0 bridgehead atoms. The molecule has 1 atom stereocenters. The lowest BCUT2D eigenvalue weighted by Gasteiger charge is -2.08. The van der Waals surface area contributed by atoms with E-state index < -0.39 is 0 Å². The van der Waals surface area contributed by atoms with Gasteiger partial charge in [-0.1, -0.05) is 26.0 Å². The van der Waals surface area contributed by atoms with E-state index in [1.165, 1.54) is 0 Å². The van der Waals surface area contributed by atoms with Crippen LogP contribution < -0.4 is 0 Å². The first-order valence-electron chi connectivity index (χ1n) is 5.50. The van der Waals surface area contributed by atoms with Gasteiger partial charge in [0.25, 0.3) is 0 Å². The molecule has 0 aliphatic carbocycles. The molecule has 15 heavy (non-hydrogen) atoms. The number of allylic oxidation sites excluding steroid dienone is 1. The highest BCUT2D eigenvalue weighted by molar-refractivity contribution is 5.73. The summed E-state index contributed by atoms with van der Waals surface area (Å²) >= 11 is 0. The highest BCUT2D eigenvalue weighted by Gasteiger charge is 2.10. The molecule has 0 amide bonds. The number of carbonyl (C=O) groups is 1. The van der Waals surface area contributed by atoms with Gasteiger partial charge in [-0.3, -0.25) is 4.79 Å². The van der Waals surface area contributed by atoms with Crippen molar-refractivity contribution in [1.29, 1.82) is 0 Å². The van der Waals surface area contributed by atoms with Crippen LogP contribution in [0.15, 0.2) is 12.2 Å². The van der Waals surface area contributed by atoms with E-state index in [4.69, 9.17) is 9.47 Å². The van der Waals surface area contributed by atoms with Crippen LogP contribution in [0.4, 0.5) is 0 Å². The fraction of sp³-hybridized carbons (Fsp3) is 0.750. The molecular formula is C12H22O3. The van der Waals surface area contributed by atoms with Gasteiger partial charge in [0.2, 0.25) is 0 Å². The lowest BCUT2D eigenvalue weighted by Crippen LogP contribution is -2.16. The Kier molecular flexibility index (Phi) is 8.01. The second-order valence-corrected chi connectivity index (χ2v) is 3.78. The van der Waals surface area contributed by atoms with E-state index in [1.54, 1.807) is 0 Å². The number of rotatable bonds is 7. The average molecular weight is 214 g/mol. The zero-order valence-corrected chi connectivity index (χ0v) is 10.2. The van der Waals surface area contributed by atoms with Crippen LogP contribution in [0, 0.1) is 11.8 Å². The Bertz CT molecular complexity index is 197. The fourth-order valence-electron chi connectivity index (χ4n) is 0.944. The largest absolute Gasteiger partial charge is 0.463 e. The van der Waals surface area contributed by atoms with Crippen molar-refractivity contribution in [3.63, 3.8) is 0 Å². The van der Waals surface area contributed by atoms with E-state index in [1.807, 2.05) is 26.0 Å². The zero-order chi connectivity index (χ0) is 11.7. The quantitative estimate of drug-likeness (QED) is 0.371. The van der Waals surface area contributed by atoms with E-state index in [0.717, 1.165) is 0 Å². The molecule has 3 heteroatoms. The van der Waals surface area contributed by atoms with Crippen LogP contribution in [0.3, 0.4) is 0 Å². The third kappa shape index (κ3) is 8.18. The summed E-state index contributed by atoms with van der Waals surface area (Å²) in [7, 11) is 0. The van der Waals surface area contributed by atoms with Gasteiger partial charge in [-0.15, -0.1) is 0 Å². The molecule has 0 aliphatic heterocycles. The highest BCUT2D eigenvalue weighted by Crippen LogP contribution is 2.04. The number of esters is 1. The van der Waals surface area contributed by atoms with Crippen molar-refractivity contribution < 1.29 is 14.3 Å². The van der Waals surface area contributed by atoms with Gasteiger partial charge in [0.05, 0.1) is 12.5 Å². The molecule has 3 nitrogen and oxygen atoms in total. The van der Waals surface area contributed by atoms with Crippen molar-refractivity contribution in [1.82, 2.24) is 0 Å². The van der Waals surface area contributed by atoms with Gasteiger partial charge >= 0.3 is 5.97 Å². The van der Waals surface area contributed by atoms with Crippen LogP contribution in [0.5, 0.6) is 0 Å². The Morgan fingerprint density at radius 2 is 1.87 bits per heavy atom. The summed E-state index contributed by atoms with van der Waals surface area (Å²) < 4.78 is 10.1. The molecule has 0 radical (unpaired) electrons. The molecule has 0 spiro atoms. The first-order valence-corrected chi connectivity index (χ1v) is 5.50. The maximum atomic E-state index is 11.4. The topological polar surface area (TPSA) is 35.5 Å². The van der Waals surface area contributed by atoms with Crippen LogP contribution in [0.25, 0.3) is 0 Å². The maximum Gasteiger partial charge on any atom is 0.312 e. The van der Waals surface area contributed by atoms with Gasteiger partial charge in [0, 0.05) is 6.61 Å². The highest BCUT2D eigenvalue weighted by atomic mass is 16.6. The molecule has 0 aromatic heterocycles. The summed E-state index contributed by atoms with van der Waals surface area (Å²) in [4.78, 5) is 11.4. The summed E-state index contributed by atoms with van der Waals surface area (Å²) in [5.74, 6) is 0.101. The lowest BCUT2D eigenvalue weighted by molar-refractivity contribution is -0.147. The third-order valence-corrected chi connectivity index (χ3v) is 1.83. The monoisotopic (exact) mass is 214 g/mol. The molecule has 0 rings (SSSR count). The van der Waals surface area contributed by atoms with Crippen LogP contribution in [0.1, 0.15) is 27.7 Å². The molecule has 88 valence electrons. The minimum Gasteiger partial charge on any atom is -0.463 e. The van der Waals surface area contributed by atoms with Crippen molar-refractivity contribution >= 4 is 5.97 Å². The van der Waals surface area contributed by atoms with E-state index in [2.05, 4.69) is 13.8 Å². The molecule has 0 saturated carbocycles. The number of hydrogen-bond donors (Lipinski definition) is 0. The first kappa shape index (κ1) is 14.2. The molecule has 1 unspecified atom stereocenters. The van der Waals surface area contributed by atoms with Gasteiger partial charge in [0.1, 0.15) is 6.61 Å². The predicted molar refractivity (Wildman–Crippen MR) is 60.6 cm³/mol. The Hall–Kier alpha value is -0.830. The second-order valence-electron chi connectivity index (χ2n) is 3.78.